The minimum Gasteiger partial charge on any atom is -0.313 e. The van der Waals surface area contributed by atoms with Crippen LogP contribution >= 0.6 is 12.4 Å². The number of nitrogens with one attached hydrogen (secondary N) is 2. The molecule has 2 heterocycles. The third kappa shape index (κ3) is 3.71. The lowest BCUT2D eigenvalue weighted by Crippen LogP contribution is -2.27. The number of anilines is 1. The summed E-state index contributed by atoms with van der Waals surface area (Å²) in [5, 5.41) is 10.4. The van der Waals surface area contributed by atoms with E-state index < -0.39 is 0 Å². The maximum Gasteiger partial charge on any atom is 0.227 e. The fourth-order valence-electron chi connectivity index (χ4n) is 2.08. The van der Waals surface area contributed by atoms with Gasteiger partial charge in [-0.1, -0.05) is 0 Å². The average Bonchev–Trinajstić information content (AvgIpc) is 2.78. The van der Waals surface area contributed by atoms with Crippen LogP contribution in [0.5, 0.6) is 0 Å². The van der Waals surface area contributed by atoms with Crippen LogP contribution in [0.1, 0.15) is 25.0 Å². The monoisotopic (exact) mass is 258 g/mol. The highest BCUT2D eigenvalue weighted by molar-refractivity contribution is 5.90. The van der Waals surface area contributed by atoms with Gasteiger partial charge in [-0.3, -0.25) is 9.48 Å². The van der Waals surface area contributed by atoms with E-state index in [0.29, 0.717) is 12.5 Å². The quantitative estimate of drug-likeness (QED) is 0.857. The van der Waals surface area contributed by atoms with Gasteiger partial charge in [-0.15, -0.1) is 12.4 Å². The van der Waals surface area contributed by atoms with Crippen LogP contribution in [0, 0.1) is 6.92 Å². The average molecular weight is 259 g/mol. The zero-order valence-electron chi connectivity index (χ0n) is 10.2. The Balaban J connectivity index is 0.00000144. The standard InChI is InChI=1S/C11H18N4O.ClH/c1-8-6-10(15(2)14-8)13-11(16)7-9-4-3-5-12-9;/h6,9,12H,3-5,7H2,1-2H3,(H,13,16);1H. The zero-order chi connectivity index (χ0) is 11.5. The molecule has 1 fully saturated rings. The van der Waals surface area contributed by atoms with Crippen molar-refractivity contribution < 1.29 is 4.79 Å². The Morgan fingerprint density at radius 1 is 1.71 bits per heavy atom. The molecule has 1 aliphatic rings. The molecule has 1 unspecified atom stereocenters. The zero-order valence-corrected chi connectivity index (χ0v) is 11.0. The van der Waals surface area contributed by atoms with E-state index in [9.17, 15) is 4.79 Å². The summed E-state index contributed by atoms with van der Waals surface area (Å²) >= 11 is 0. The van der Waals surface area contributed by atoms with Gasteiger partial charge in [0.05, 0.1) is 5.69 Å². The Labute approximate surface area is 107 Å². The molecule has 1 saturated heterocycles. The molecule has 0 radical (unpaired) electrons. The number of halogens is 1. The van der Waals surface area contributed by atoms with E-state index in [2.05, 4.69) is 15.7 Å². The summed E-state index contributed by atoms with van der Waals surface area (Å²) in [7, 11) is 1.83. The van der Waals surface area contributed by atoms with E-state index >= 15 is 0 Å². The third-order valence-corrected chi connectivity index (χ3v) is 2.86. The number of nitrogens with zero attached hydrogens (tertiary/aromatic N) is 2. The van der Waals surface area contributed by atoms with Crippen LogP contribution in [0.15, 0.2) is 6.07 Å². The van der Waals surface area contributed by atoms with Gasteiger partial charge in [0.1, 0.15) is 5.82 Å². The number of carbonyl (C=O) groups excluding carboxylic acids is 1. The Morgan fingerprint density at radius 2 is 2.47 bits per heavy atom. The van der Waals surface area contributed by atoms with Gasteiger partial charge in [0, 0.05) is 25.6 Å². The Bertz CT molecular complexity index is 385. The molecule has 1 amide bonds. The van der Waals surface area contributed by atoms with Crippen LogP contribution in [0.4, 0.5) is 5.82 Å². The molecule has 2 rings (SSSR count). The predicted molar refractivity (Wildman–Crippen MR) is 69.5 cm³/mol. The molecule has 1 aromatic heterocycles. The molecule has 2 N–H and O–H groups in total. The maximum atomic E-state index is 11.7. The van der Waals surface area contributed by atoms with Crippen LogP contribution in [0.3, 0.4) is 0 Å². The van der Waals surface area contributed by atoms with E-state index in [0.717, 1.165) is 24.5 Å². The minimum atomic E-state index is 0. The molecule has 0 bridgehead atoms. The summed E-state index contributed by atoms with van der Waals surface area (Å²) in [4.78, 5) is 11.7. The summed E-state index contributed by atoms with van der Waals surface area (Å²) in [6.07, 6.45) is 2.81. The largest absolute Gasteiger partial charge is 0.313 e. The topological polar surface area (TPSA) is 59.0 Å². The summed E-state index contributed by atoms with van der Waals surface area (Å²) in [6, 6.07) is 2.22. The molecule has 1 aromatic rings. The first kappa shape index (κ1) is 14.0. The van der Waals surface area contributed by atoms with Gasteiger partial charge in [0.2, 0.25) is 5.91 Å². The number of rotatable bonds is 3. The second-order valence-electron chi connectivity index (χ2n) is 4.34. The highest BCUT2D eigenvalue weighted by atomic mass is 35.5. The Hall–Kier alpha value is -1.07. The SMILES string of the molecule is Cc1cc(NC(=O)CC2CCCN2)n(C)n1.Cl. The number of aromatic nitrogens is 2. The van der Waals surface area contributed by atoms with E-state index in [1.807, 2.05) is 20.0 Å². The van der Waals surface area contributed by atoms with Crippen molar-refractivity contribution in [3.8, 4) is 0 Å². The lowest BCUT2D eigenvalue weighted by molar-refractivity contribution is -0.116. The molecular weight excluding hydrogens is 240 g/mol. The molecule has 5 nitrogen and oxygen atoms in total. The summed E-state index contributed by atoms with van der Waals surface area (Å²) in [5.41, 5.74) is 0.914. The Kier molecular flexibility index (Phi) is 4.96. The van der Waals surface area contributed by atoms with Crippen LogP contribution in [0.2, 0.25) is 0 Å². The van der Waals surface area contributed by atoms with Crippen LogP contribution in [0.25, 0.3) is 0 Å². The highest BCUT2D eigenvalue weighted by Crippen LogP contribution is 2.12. The predicted octanol–water partition coefficient (Wildman–Crippen LogP) is 1.23. The summed E-state index contributed by atoms with van der Waals surface area (Å²) in [5.74, 6) is 0.822. The molecule has 96 valence electrons. The first-order chi connectivity index (χ1) is 7.65. The molecule has 0 aromatic carbocycles. The van der Waals surface area contributed by atoms with E-state index in [1.54, 1.807) is 4.68 Å². The lowest BCUT2D eigenvalue weighted by atomic mass is 10.1. The van der Waals surface area contributed by atoms with Crippen molar-refractivity contribution in [2.24, 2.45) is 7.05 Å². The third-order valence-electron chi connectivity index (χ3n) is 2.86. The number of aryl methyl sites for hydroxylation is 2. The second kappa shape index (κ2) is 6.02. The molecule has 1 atom stereocenters. The van der Waals surface area contributed by atoms with Gasteiger partial charge < -0.3 is 10.6 Å². The van der Waals surface area contributed by atoms with E-state index in [-0.39, 0.29) is 18.3 Å². The first-order valence-corrected chi connectivity index (χ1v) is 5.69. The summed E-state index contributed by atoms with van der Waals surface area (Å²) in [6.45, 7) is 2.94. The Morgan fingerprint density at radius 3 is 3.00 bits per heavy atom. The van der Waals surface area contributed by atoms with Gasteiger partial charge >= 0.3 is 0 Å². The van der Waals surface area contributed by atoms with E-state index in [1.165, 1.54) is 6.42 Å². The van der Waals surface area contributed by atoms with Crippen molar-refractivity contribution in [1.82, 2.24) is 15.1 Å². The van der Waals surface area contributed by atoms with Crippen LogP contribution in [-0.4, -0.2) is 28.3 Å². The van der Waals surface area contributed by atoms with Crippen molar-refractivity contribution in [3.05, 3.63) is 11.8 Å². The lowest BCUT2D eigenvalue weighted by Gasteiger charge is -2.10. The molecule has 0 spiro atoms. The molecule has 17 heavy (non-hydrogen) atoms. The number of carbonyl (C=O) groups is 1. The second-order valence-corrected chi connectivity index (χ2v) is 4.34. The first-order valence-electron chi connectivity index (χ1n) is 5.69. The van der Waals surface area contributed by atoms with Gasteiger partial charge in [-0.25, -0.2) is 0 Å². The van der Waals surface area contributed by atoms with Crippen molar-refractivity contribution in [2.75, 3.05) is 11.9 Å². The molecule has 6 heteroatoms. The van der Waals surface area contributed by atoms with Gasteiger partial charge in [0.25, 0.3) is 0 Å². The fourth-order valence-corrected chi connectivity index (χ4v) is 2.08. The number of hydrogen-bond donors (Lipinski definition) is 2. The van der Waals surface area contributed by atoms with Gasteiger partial charge in [-0.2, -0.15) is 5.10 Å². The number of amides is 1. The van der Waals surface area contributed by atoms with Crippen LogP contribution in [-0.2, 0) is 11.8 Å². The molecule has 0 saturated carbocycles. The number of hydrogen-bond acceptors (Lipinski definition) is 3. The highest BCUT2D eigenvalue weighted by Gasteiger charge is 2.18. The van der Waals surface area contributed by atoms with Crippen molar-refractivity contribution in [2.45, 2.75) is 32.2 Å². The van der Waals surface area contributed by atoms with E-state index in [4.69, 9.17) is 0 Å². The maximum absolute atomic E-state index is 11.7. The molecule has 1 aliphatic heterocycles. The normalized spacial score (nSPS) is 18.8. The smallest absolute Gasteiger partial charge is 0.227 e. The fraction of sp³-hybridized carbons (Fsp3) is 0.636. The van der Waals surface area contributed by atoms with Gasteiger partial charge in [-0.05, 0) is 26.3 Å². The van der Waals surface area contributed by atoms with Crippen molar-refractivity contribution in [3.63, 3.8) is 0 Å². The molecule has 0 aliphatic carbocycles. The molecular formula is C11H19ClN4O. The van der Waals surface area contributed by atoms with Gasteiger partial charge in [0.15, 0.2) is 0 Å². The minimum absolute atomic E-state index is 0. The summed E-state index contributed by atoms with van der Waals surface area (Å²) < 4.78 is 1.69. The van der Waals surface area contributed by atoms with Crippen LogP contribution < -0.4 is 10.6 Å². The van der Waals surface area contributed by atoms with Crippen molar-refractivity contribution >= 4 is 24.1 Å². The van der Waals surface area contributed by atoms with Crippen molar-refractivity contribution in [1.29, 1.82) is 0 Å².